The maximum Gasteiger partial charge on any atom is 0.323 e. The monoisotopic (exact) mass is 480 g/mol. The molecule has 0 radical (unpaired) electrons. The van der Waals surface area contributed by atoms with Crippen LogP contribution in [0.3, 0.4) is 0 Å². The lowest BCUT2D eigenvalue weighted by atomic mass is 9.76. The van der Waals surface area contributed by atoms with Crippen LogP contribution in [0.5, 0.6) is 0 Å². The van der Waals surface area contributed by atoms with Gasteiger partial charge in [-0.2, -0.15) is 0 Å². The molecule has 0 aliphatic rings. The number of ether oxygens (including phenoxy) is 1. The van der Waals surface area contributed by atoms with Gasteiger partial charge in [-0.15, -0.1) is 0 Å². The Morgan fingerprint density at radius 3 is 1.86 bits per heavy atom. The first-order valence-electron chi connectivity index (χ1n) is 12.9. The van der Waals surface area contributed by atoms with Crippen LogP contribution in [-0.4, -0.2) is 18.4 Å². The standard InChI is InChI=1S/C33H36O3/c1-5-7-8-9-10-17-22-29-30(26-18-13-11-14-19-26)23-28(24-31(29)27-20-15-12-16-21-27)33(4,25(3)34)32(35)36-6-2/h11-16,18-21,23-24H,5-10H2,1-4H3. The van der Waals surface area contributed by atoms with E-state index in [-0.39, 0.29) is 12.4 Å². The van der Waals surface area contributed by atoms with Crippen molar-refractivity contribution in [2.75, 3.05) is 6.61 Å². The van der Waals surface area contributed by atoms with E-state index in [1.807, 2.05) is 72.8 Å². The molecule has 3 aromatic carbocycles. The van der Waals surface area contributed by atoms with Gasteiger partial charge in [0.15, 0.2) is 5.78 Å². The average Bonchev–Trinajstić information content (AvgIpc) is 2.91. The zero-order valence-corrected chi connectivity index (χ0v) is 21.9. The lowest BCUT2D eigenvalue weighted by Gasteiger charge is -2.27. The van der Waals surface area contributed by atoms with Gasteiger partial charge >= 0.3 is 5.97 Å². The van der Waals surface area contributed by atoms with Crippen molar-refractivity contribution in [3.8, 4) is 34.1 Å². The molecule has 186 valence electrons. The predicted octanol–water partition coefficient (Wildman–Crippen LogP) is 7.75. The van der Waals surface area contributed by atoms with Crippen molar-refractivity contribution in [1.29, 1.82) is 0 Å². The van der Waals surface area contributed by atoms with Gasteiger partial charge in [-0.1, -0.05) is 98.7 Å². The normalized spacial score (nSPS) is 12.2. The summed E-state index contributed by atoms with van der Waals surface area (Å²) in [5.41, 5.74) is 3.88. The quantitative estimate of drug-likeness (QED) is 0.129. The molecule has 3 aromatic rings. The number of esters is 1. The number of carbonyl (C=O) groups excluding carboxylic acids is 2. The largest absolute Gasteiger partial charge is 0.465 e. The van der Waals surface area contributed by atoms with Crippen LogP contribution in [0.2, 0.25) is 0 Å². The first-order valence-corrected chi connectivity index (χ1v) is 12.9. The minimum Gasteiger partial charge on any atom is -0.465 e. The Balaban J connectivity index is 2.29. The summed E-state index contributed by atoms with van der Waals surface area (Å²) in [6.45, 7) is 7.27. The highest BCUT2D eigenvalue weighted by atomic mass is 16.5. The molecule has 1 atom stereocenters. The molecule has 0 aliphatic carbocycles. The number of rotatable bonds is 10. The van der Waals surface area contributed by atoms with Crippen molar-refractivity contribution >= 4 is 11.8 Å². The van der Waals surface area contributed by atoms with E-state index in [4.69, 9.17) is 4.74 Å². The summed E-state index contributed by atoms with van der Waals surface area (Å²) in [7, 11) is 0. The third-order valence-electron chi connectivity index (χ3n) is 6.64. The summed E-state index contributed by atoms with van der Waals surface area (Å²) in [4.78, 5) is 26.0. The Morgan fingerprint density at radius 2 is 1.39 bits per heavy atom. The second kappa shape index (κ2) is 12.9. The lowest BCUT2D eigenvalue weighted by Crippen LogP contribution is -2.41. The third-order valence-corrected chi connectivity index (χ3v) is 6.64. The first-order chi connectivity index (χ1) is 17.4. The van der Waals surface area contributed by atoms with Crippen LogP contribution in [0.25, 0.3) is 22.3 Å². The number of Topliss-reactive ketones (excluding diaryl/α,β-unsaturated/α-hetero) is 1. The molecule has 0 N–H and O–H groups in total. The fourth-order valence-electron chi connectivity index (χ4n) is 4.29. The Kier molecular flexibility index (Phi) is 9.65. The van der Waals surface area contributed by atoms with E-state index < -0.39 is 11.4 Å². The molecule has 0 fully saturated rings. The highest BCUT2D eigenvalue weighted by Gasteiger charge is 2.42. The van der Waals surface area contributed by atoms with Crippen LogP contribution < -0.4 is 0 Å². The third kappa shape index (κ3) is 6.13. The Morgan fingerprint density at radius 1 is 0.833 bits per heavy atom. The van der Waals surface area contributed by atoms with Gasteiger partial charge in [0.05, 0.1) is 6.61 Å². The number of hydrogen-bond donors (Lipinski definition) is 0. The van der Waals surface area contributed by atoms with E-state index in [9.17, 15) is 9.59 Å². The van der Waals surface area contributed by atoms with Gasteiger partial charge in [-0.05, 0) is 67.1 Å². The molecule has 0 aromatic heterocycles. The van der Waals surface area contributed by atoms with Crippen LogP contribution in [0.4, 0.5) is 0 Å². The first kappa shape index (κ1) is 27.0. The highest BCUT2D eigenvalue weighted by molar-refractivity contribution is 6.09. The van der Waals surface area contributed by atoms with Gasteiger partial charge in [0.25, 0.3) is 0 Å². The molecular formula is C33H36O3. The van der Waals surface area contributed by atoms with E-state index in [1.54, 1.807) is 13.8 Å². The van der Waals surface area contributed by atoms with Gasteiger partial charge in [0.2, 0.25) is 0 Å². The van der Waals surface area contributed by atoms with E-state index in [2.05, 4.69) is 18.8 Å². The van der Waals surface area contributed by atoms with E-state index in [0.29, 0.717) is 5.56 Å². The van der Waals surface area contributed by atoms with Crippen molar-refractivity contribution in [2.24, 2.45) is 0 Å². The summed E-state index contributed by atoms with van der Waals surface area (Å²) in [6, 6.07) is 23.9. The van der Waals surface area contributed by atoms with Crippen molar-refractivity contribution in [3.05, 3.63) is 83.9 Å². The van der Waals surface area contributed by atoms with Crippen LogP contribution in [-0.2, 0) is 19.7 Å². The summed E-state index contributed by atoms with van der Waals surface area (Å²) in [5, 5.41) is 0. The van der Waals surface area contributed by atoms with Gasteiger partial charge in [-0.25, -0.2) is 0 Å². The summed E-state index contributed by atoms with van der Waals surface area (Å²) in [6.07, 6.45) is 5.50. The fraction of sp³-hybridized carbons (Fsp3) is 0.333. The zero-order valence-electron chi connectivity index (χ0n) is 21.9. The van der Waals surface area contributed by atoms with Crippen LogP contribution >= 0.6 is 0 Å². The van der Waals surface area contributed by atoms with E-state index in [1.165, 1.54) is 26.2 Å². The topological polar surface area (TPSA) is 43.4 Å². The molecule has 0 aliphatic heterocycles. The Bertz CT molecular complexity index is 1170. The number of ketones is 1. The lowest BCUT2D eigenvalue weighted by molar-refractivity contribution is -0.152. The zero-order chi connectivity index (χ0) is 26.0. The number of unbranched alkanes of at least 4 members (excludes halogenated alkanes) is 4. The van der Waals surface area contributed by atoms with Crippen molar-refractivity contribution in [3.63, 3.8) is 0 Å². The molecule has 0 amide bonds. The SMILES string of the molecule is CCCCCCC#Cc1c(-c2ccccc2)cc(C(C)(C(C)=O)C(=O)OCC)cc1-c1ccccc1. The summed E-state index contributed by atoms with van der Waals surface area (Å²) >= 11 is 0. The molecule has 0 saturated carbocycles. The molecule has 0 heterocycles. The van der Waals surface area contributed by atoms with Gasteiger partial charge in [0, 0.05) is 12.0 Å². The minimum absolute atomic E-state index is 0.209. The van der Waals surface area contributed by atoms with E-state index >= 15 is 0 Å². The Labute approximate surface area is 215 Å². The minimum atomic E-state index is -1.42. The molecule has 1 unspecified atom stereocenters. The number of hydrogen-bond acceptors (Lipinski definition) is 3. The average molecular weight is 481 g/mol. The Hall–Kier alpha value is -3.64. The molecule has 3 rings (SSSR count). The van der Waals surface area contributed by atoms with Gasteiger partial charge in [-0.3, -0.25) is 9.59 Å². The van der Waals surface area contributed by atoms with Crippen molar-refractivity contribution in [2.45, 2.75) is 65.2 Å². The predicted molar refractivity (Wildman–Crippen MR) is 148 cm³/mol. The second-order valence-corrected chi connectivity index (χ2v) is 9.19. The van der Waals surface area contributed by atoms with Crippen LogP contribution in [0.1, 0.15) is 70.9 Å². The van der Waals surface area contributed by atoms with Gasteiger partial charge < -0.3 is 4.74 Å². The highest BCUT2D eigenvalue weighted by Crippen LogP contribution is 2.38. The maximum absolute atomic E-state index is 13.1. The van der Waals surface area contributed by atoms with Crippen molar-refractivity contribution < 1.29 is 14.3 Å². The fourth-order valence-corrected chi connectivity index (χ4v) is 4.29. The molecule has 0 spiro atoms. The van der Waals surface area contributed by atoms with Crippen LogP contribution in [0, 0.1) is 11.8 Å². The number of carbonyl (C=O) groups is 2. The molecule has 0 bridgehead atoms. The smallest absolute Gasteiger partial charge is 0.323 e. The molecular weight excluding hydrogens is 444 g/mol. The molecule has 36 heavy (non-hydrogen) atoms. The molecule has 3 heteroatoms. The number of benzene rings is 3. The molecule has 3 nitrogen and oxygen atoms in total. The van der Waals surface area contributed by atoms with E-state index in [0.717, 1.165) is 40.7 Å². The summed E-state index contributed by atoms with van der Waals surface area (Å²) in [5.74, 6) is 6.07. The molecule has 0 saturated heterocycles. The van der Waals surface area contributed by atoms with Crippen LogP contribution in [0.15, 0.2) is 72.8 Å². The van der Waals surface area contributed by atoms with Crippen molar-refractivity contribution in [1.82, 2.24) is 0 Å². The van der Waals surface area contributed by atoms with Gasteiger partial charge in [0.1, 0.15) is 5.41 Å². The summed E-state index contributed by atoms with van der Waals surface area (Å²) < 4.78 is 5.37. The maximum atomic E-state index is 13.1. The second-order valence-electron chi connectivity index (χ2n) is 9.19.